The average molecular weight is 570 g/mol. The number of nitrogen functional groups attached to an aromatic ring is 1. The van der Waals surface area contributed by atoms with Crippen molar-refractivity contribution in [3.8, 4) is 17.3 Å². The van der Waals surface area contributed by atoms with E-state index < -0.39 is 15.7 Å². The highest BCUT2D eigenvalue weighted by molar-refractivity contribution is 7.90. The van der Waals surface area contributed by atoms with E-state index in [1.165, 1.54) is 10.6 Å². The van der Waals surface area contributed by atoms with Crippen molar-refractivity contribution < 1.29 is 22.0 Å². The molecule has 0 aliphatic carbocycles. The highest BCUT2D eigenvalue weighted by Gasteiger charge is 2.21. The van der Waals surface area contributed by atoms with E-state index >= 15 is 0 Å². The van der Waals surface area contributed by atoms with E-state index in [0.717, 1.165) is 31.3 Å². The van der Waals surface area contributed by atoms with Crippen LogP contribution < -0.4 is 15.4 Å². The molecule has 13 nitrogen and oxygen atoms in total. The Kier molecular flexibility index (Phi) is 6.75. The summed E-state index contributed by atoms with van der Waals surface area (Å²) in [6, 6.07) is 8.19. The molecule has 1 aliphatic rings. The maximum absolute atomic E-state index is 14.8. The van der Waals surface area contributed by atoms with Crippen LogP contribution in [0, 0.1) is 5.82 Å². The van der Waals surface area contributed by atoms with Gasteiger partial charge in [-0.1, -0.05) is 0 Å². The number of anilines is 2. The number of ether oxygens (including phenoxy) is 1. The fourth-order valence-electron chi connectivity index (χ4n) is 4.72. The Balaban J connectivity index is 1.07. The summed E-state index contributed by atoms with van der Waals surface area (Å²) < 4.78 is 51.4. The minimum Gasteiger partial charge on any atom is -0.492 e. The van der Waals surface area contributed by atoms with Crippen LogP contribution in [-0.4, -0.2) is 94.0 Å². The molecule has 2 N–H and O–H groups in total. The molecule has 0 unspecified atom stereocenters. The van der Waals surface area contributed by atoms with Gasteiger partial charge in [0.05, 0.1) is 35.8 Å². The van der Waals surface area contributed by atoms with E-state index in [0.29, 0.717) is 54.0 Å². The normalized spacial score (nSPS) is 14.9. The Morgan fingerprint density at radius 2 is 1.93 bits per heavy atom. The number of rotatable bonds is 9. The third-order valence-corrected chi connectivity index (χ3v) is 7.73. The van der Waals surface area contributed by atoms with Gasteiger partial charge < -0.3 is 19.8 Å². The van der Waals surface area contributed by atoms with E-state index in [-0.39, 0.29) is 18.3 Å². The van der Waals surface area contributed by atoms with Gasteiger partial charge in [-0.3, -0.25) is 4.90 Å². The predicted molar refractivity (Wildman–Crippen MR) is 146 cm³/mol. The smallest absolute Gasteiger partial charge is 0.225 e. The van der Waals surface area contributed by atoms with Crippen LogP contribution in [0.5, 0.6) is 5.75 Å². The van der Waals surface area contributed by atoms with Crippen LogP contribution in [-0.2, 0) is 16.4 Å². The van der Waals surface area contributed by atoms with E-state index in [1.807, 2.05) is 9.58 Å². The maximum Gasteiger partial charge on any atom is 0.225 e. The van der Waals surface area contributed by atoms with Crippen LogP contribution in [0.1, 0.15) is 0 Å². The van der Waals surface area contributed by atoms with Crippen LogP contribution >= 0.6 is 0 Å². The third-order valence-electron chi connectivity index (χ3n) is 6.82. The zero-order valence-electron chi connectivity index (χ0n) is 21.8. The van der Waals surface area contributed by atoms with Crippen molar-refractivity contribution in [1.82, 2.24) is 34.3 Å². The van der Waals surface area contributed by atoms with Crippen molar-refractivity contribution in [2.24, 2.45) is 0 Å². The Labute approximate surface area is 228 Å². The highest BCUT2D eigenvalue weighted by atomic mass is 32.2. The van der Waals surface area contributed by atoms with Crippen LogP contribution in [0.15, 0.2) is 47.2 Å². The van der Waals surface area contributed by atoms with Crippen molar-refractivity contribution in [3.63, 3.8) is 0 Å². The van der Waals surface area contributed by atoms with E-state index in [4.69, 9.17) is 14.9 Å². The monoisotopic (exact) mass is 569 g/mol. The lowest BCUT2D eigenvalue weighted by Gasteiger charge is -2.36. The standard InChI is InChI=1S/C25H28FN9O4S/c1-40(36,37)14-13-38-17-4-5-20(19(26)15-17)33-9-6-32(7-10-33)8-11-34-23-18(16-28-34)24-29-22(21-3-2-12-39-21)31-35(24)25(27)30-23/h2-5,12,15-16H,6-11,13-14H2,1H3,(H2,27,30). The number of nitrogens with two attached hydrogens (primary N) is 1. The summed E-state index contributed by atoms with van der Waals surface area (Å²) in [4.78, 5) is 13.4. The molecule has 15 heteroatoms. The summed E-state index contributed by atoms with van der Waals surface area (Å²) in [5.41, 5.74) is 7.87. The number of nitrogens with zero attached hydrogens (tertiary/aromatic N) is 8. The van der Waals surface area contributed by atoms with Gasteiger partial charge in [0.1, 0.15) is 18.2 Å². The summed E-state index contributed by atoms with van der Waals surface area (Å²) in [5.74, 6) is 0.959. The van der Waals surface area contributed by atoms with E-state index in [1.54, 1.807) is 36.7 Å². The number of benzene rings is 1. The van der Waals surface area contributed by atoms with Crippen molar-refractivity contribution in [3.05, 3.63) is 48.6 Å². The third kappa shape index (κ3) is 5.29. The first kappa shape index (κ1) is 26.0. The van der Waals surface area contributed by atoms with Crippen LogP contribution in [0.3, 0.4) is 0 Å². The zero-order chi connectivity index (χ0) is 27.9. The molecule has 1 aliphatic heterocycles. The van der Waals surface area contributed by atoms with E-state index in [2.05, 4.69) is 25.1 Å². The molecule has 0 saturated carbocycles. The molecule has 0 amide bonds. The van der Waals surface area contributed by atoms with Gasteiger partial charge in [-0.25, -0.2) is 22.5 Å². The van der Waals surface area contributed by atoms with Crippen molar-refractivity contribution in [2.45, 2.75) is 6.54 Å². The summed E-state index contributed by atoms with van der Waals surface area (Å²) in [5, 5.41) is 9.68. The molecular weight excluding hydrogens is 541 g/mol. The van der Waals surface area contributed by atoms with Gasteiger partial charge in [0.15, 0.2) is 26.9 Å². The fourth-order valence-corrected chi connectivity index (χ4v) is 5.11. The van der Waals surface area contributed by atoms with Crippen LogP contribution in [0.4, 0.5) is 16.0 Å². The molecule has 0 atom stereocenters. The molecule has 0 bridgehead atoms. The molecule has 4 aromatic heterocycles. The minimum atomic E-state index is -3.14. The summed E-state index contributed by atoms with van der Waals surface area (Å²) >= 11 is 0. The Morgan fingerprint density at radius 3 is 2.65 bits per heavy atom. The predicted octanol–water partition coefficient (Wildman–Crippen LogP) is 1.70. The number of fused-ring (bicyclic) bond motifs is 3. The van der Waals surface area contributed by atoms with Gasteiger partial charge in [0.25, 0.3) is 0 Å². The SMILES string of the molecule is CS(=O)(=O)CCOc1ccc(N2CCN(CCn3ncc4c3nc(N)n3nc(-c5ccco5)nc43)CC2)c(F)c1. The number of sulfone groups is 1. The lowest BCUT2D eigenvalue weighted by Crippen LogP contribution is -2.47. The first-order chi connectivity index (χ1) is 19.2. The fraction of sp³-hybridized carbons (Fsp3) is 0.360. The maximum atomic E-state index is 14.8. The Hall–Kier alpha value is -4.24. The van der Waals surface area contributed by atoms with Gasteiger partial charge >= 0.3 is 0 Å². The van der Waals surface area contributed by atoms with Gasteiger partial charge in [-0.2, -0.15) is 14.6 Å². The molecule has 1 aromatic carbocycles. The highest BCUT2D eigenvalue weighted by Crippen LogP contribution is 2.26. The molecule has 0 spiro atoms. The average Bonchev–Trinajstić information content (AvgIpc) is 3.67. The lowest BCUT2D eigenvalue weighted by atomic mass is 10.2. The molecule has 1 saturated heterocycles. The summed E-state index contributed by atoms with van der Waals surface area (Å²) in [7, 11) is -3.14. The molecule has 210 valence electrons. The molecular formula is C25H28FN9O4S. The molecule has 6 rings (SSSR count). The number of furan rings is 1. The van der Waals surface area contributed by atoms with Crippen molar-refractivity contribution >= 4 is 38.2 Å². The van der Waals surface area contributed by atoms with Crippen LogP contribution in [0.2, 0.25) is 0 Å². The summed E-state index contributed by atoms with van der Waals surface area (Å²) in [6.45, 7) is 4.14. The molecule has 40 heavy (non-hydrogen) atoms. The Bertz CT molecular complexity index is 1760. The zero-order valence-corrected chi connectivity index (χ0v) is 22.6. The number of hydrogen-bond donors (Lipinski definition) is 1. The largest absolute Gasteiger partial charge is 0.492 e. The van der Waals surface area contributed by atoms with Crippen LogP contribution in [0.25, 0.3) is 28.3 Å². The first-order valence-electron chi connectivity index (χ1n) is 12.7. The second-order valence-electron chi connectivity index (χ2n) is 9.64. The number of halogens is 1. The van der Waals surface area contributed by atoms with Crippen molar-refractivity contribution in [1.29, 1.82) is 0 Å². The van der Waals surface area contributed by atoms with Gasteiger partial charge in [0, 0.05) is 45.0 Å². The number of aromatic nitrogens is 6. The Morgan fingerprint density at radius 1 is 1.10 bits per heavy atom. The summed E-state index contributed by atoms with van der Waals surface area (Å²) in [6.07, 6.45) is 4.41. The molecule has 1 fully saturated rings. The topological polar surface area (TPSA) is 150 Å². The molecule has 0 radical (unpaired) electrons. The quantitative estimate of drug-likeness (QED) is 0.276. The lowest BCUT2D eigenvalue weighted by molar-refractivity contribution is 0.245. The second-order valence-corrected chi connectivity index (χ2v) is 11.9. The van der Waals surface area contributed by atoms with Gasteiger partial charge in [-0.05, 0) is 24.3 Å². The van der Waals surface area contributed by atoms with Gasteiger partial charge in [0.2, 0.25) is 11.8 Å². The molecule has 5 aromatic rings. The number of piperazine rings is 1. The number of hydrogen-bond acceptors (Lipinski definition) is 11. The molecule has 5 heterocycles. The van der Waals surface area contributed by atoms with E-state index in [9.17, 15) is 12.8 Å². The van der Waals surface area contributed by atoms with Crippen molar-refractivity contribution in [2.75, 3.05) is 62.0 Å². The first-order valence-corrected chi connectivity index (χ1v) is 14.8. The van der Waals surface area contributed by atoms with Gasteiger partial charge in [-0.15, -0.1) is 5.10 Å². The second kappa shape index (κ2) is 10.4. The minimum absolute atomic E-state index is 0.0141.